The fourth-order valence-corrected chi connectivity index (χ4v) is 11.7. The smallest absolute Gasteiger partial charge is 0.748 e. The molecule has 0 saturated heterocycles. The minimum absolute atomic E-state index is 0. The molecule has 9 rings (SSSR count). The summed E-state index contributed by atoms with van der Waals surface area (Å²) in [6.07, 6.45) is -3.07. The fourth-order valence-electron chi connectivity index (χ4n) is 8.02. The molecule has 9 aromatic rings. The van der Waals surface area contributed by atoms with Gasteiger partial charge in [-0.05, 0) is 91.0 Å². The van der Waals surface area contributed by atoms with Crippen molar-refractivity contribution in [1.29, 1.82) is 0 Å². The van der Waals surface area contributed by atoms with Gasteiger partial charge in [0.25, 0.3) is 0 Å². The molecule has 0 aliphatic rings. The molecule has 3 N–H and O–H groups in total. The molecule has 0 amide bonds. The quantitative estimate of drug-likeness (QED) is 0.0221. The first-order chi connectivity index (χ1) is 40.7. The van der Waals surface area contributed by atoms with Gasteiger partial charge in [0, 0.05) is 72.9 Å². The van der Waals surface area contributed by atoms with E-state index in [9.17, 15) is 47.5 Å². The number of aliphatic carboxylic acids is 1. The van der Waals surface area contributed by atoms with Gasteiger partial charge in [-0.25, -0.2) is 8.42 Å². The van der Waals surface area contributed by atoms with E-state index in [1.807, 2.05) is 66.7 Å². The summed E-state index contributed by atoms with van der Waals surface area (Å²) in [5, 5.41) is 41.7. The van der Waals surface area contributed by atoms with Crippen LogP contribution < -0.4 is 94.7 Å². The Labute approximate surface area is 551 Å². The van der Waals surface area contributed by atoms with Crippen molar-refractivity contribution in [3.05, 3.63) is 158 Å². The summed E-state index contributed by atoms with van der Waals surface area (Å²) >= 11 is 4.60. The van der Waals surface area contributed by atoms with Crippen LogP contribution in [0, 0.1) is 0 Å². The number of hydrogen-bond acceptors (Lipinski definition) is 23. The number of carbonyl (C=O) groups is 1. The predicted molar refractivity (Wildman–Crippen MR) is 321 cm³/mol. The van der Waals surface area contributed by atoms with Crippen LogP contribution in [0.25, 0.3) is 60.5 Å². The second kappa shape index (κ2) is 38.1. The molecule has 0 aliphatic heterocycles. The molecule has 3 aromatic heterocycles. The van der Waals surface area contributed by atoms with Crippen molar-refractivity contribution in [3.8, 4) is 17.2 Å². The Morgan fingerprint density at radius 1 is 0.430 bits per heavy atom. The maximum atomic E-state index is 12.8. The molecular weight excluding hydrogens is 1210 g/mol. The number of carbonyl (C=O) groups excluding carboxylic acids is 1. The van der Waals surface area contributed by atoms with Crippen LogP contribution in [0.3, 0.4) is 0 Å². The fraction of sp³-hybridized carbons (Fsp3) is 0.333. The van der Waals surface area contributed by atoms with Gasteiger partial charge in [0.2, 0.25) is 0 Å². The van der Waals surface area contributed by atoms with Crippen LogP contribution in [0.15, 0.2) is 142 Å². The molecular formula is C60H62Na2O20S4. The molecule has 0 spiro atoms. The summed E-state index contributed by atoms with van der Waals surface area (Å²) in [6.45, 7) is 5.52. The molecule has 6 aromatic carbocycles. The Morgan fingerprint density at radius 2 is 0.733 bits per heavy atom. The number of benzene rings is 6. The van der Waals surface area contributed by atoms with E-state index >= 15 is 0 Å². The van der Waals surface area contributed by atoms with Crippen molar-refractivity contribution < 1.29 is 140 Å². The van der Waals surface area contributed by atoms with Crippen LogP contribution in [0.5, 0.6) is 17.2 Å². The van der Waals surface area contributed by atoms with E-state index in [2.05, 4.69) is 0 Å². The Balaban J connectivity index is 0.000000242. The zero-order valence-electron chi connectivity index (χ0n) is 47.4. The summed E-state index contributed by atoms with van der Waals surface area (Å²) in [5.41, 5.74) is -0.162. The van der Waals surface area contributed by atoms with Crippen LogP contribution in [-0.4, -0.2) is 158 Å². The number of rotatable bonds is 31. The molecule has 2 unspecified atom stereocenters. The van der Waals surface area contributed by atoms with Crippen molar-refractivity contribution in [2.75, 3.05) is 111 Å². The van der Waals surface area contributed by atoms with Gasteiger partial charge >= 0.3 is 59.1 Å². The monoisotopic (exact) mass is 1280 g/mol. The van der Waals surface area contributed by atoms with Crippen molar-refractivity contribution in [1.82, 2.24) is 0 Å². The molecule has 0 radical (unpaired) electrons. The SMILES string of the molecule is O=C([O-])CC(O)COc1ccc2sc3ccccc3c(=O)c2c1.O=c1c2ccccc2sc2ccc(OCC(O)CS(=O)(=O)[O-])cc12.O=c1c2ccccc2sc2ccc(OCCOCCOCCOCCOCCOCCOCCO)cc12.[Na+].[Na+]. The van der Waals surface area contributed by atoms with Crippen LogP contribution in [0.4, 0.5) is 0 Å². The Morgan fingerprint density at radius 3 is 1.07 bits per heavy atom. The molecule has 3 heterocycles. The van der Waals surface area contributed by atoms with Crippen LogP contribution in [-0.2, 0) is 43.3 Å². The summed E-state index contributed by atoms with van der Waals surface area (Å²) < 4.78 is 85.8. The summed E-state index contributed by atoms with van der Waals surface area (Å²) in [6, 6.07) is 38.0. The van der Waals surface area contributed by atoms with E-state index in [-0.39, 0.29) is 95.2 Å². The first-order valence-corrected chi connectivity index (χ1v) is 30.5. The minimum atomic E-state index is -4.52. The van der Waals surface area contributed by atoms with Gasteiger partial charge in [-0.1, -0.05) is 36.4 Å². The minimum Gasteiger partial charge on any atom is -0.748 e. The average molecular weight is 1280 g/mol. The standard InChI is InChI=1S/C27H36O9S.C17H14O5S.C16H14O6S2.2Na/c28-7-8-30-9-10-31-11-12-32-13-14-33-15-16-34-17-18-35-19-20-36-22-5-6-26-24(21-22)27(29)23-3-1-2-4-25(23)37-26;18-10(7-16(19)20)9-22-11-5-6-15-13(8-11)17(21)12-3-1-2-4-14(12)23-15;17-10(9-24(19,20)21)8-22-11-5-6-15-13(7-11)16(18)12-3-1-2-4-14(12)23-15;;/h1-6,21,28H,7-20H2;1-6,8,10,18H,7,9H2,(H,19,20);1-7,10,17H,8-9H2,(H,19,20,21);;/q;;;2*+1/p-2. The number of carboxylic acid groups (broad SMARTS) is 1. The average Bonchev–Trinajstić information content (AvgIpc) is 1.18. The molecule has 0 saturated carbocycles. The van der Waals surface area contributed by atoms with Gasteiger partial charge in [-0.3, -0.25) is 14.4 Å². The molecule has 448 valence electrons. The third-order valence-electron chi connectivity index (χ3n) is 11.9. The number of carboxylic acids is 1. The van der Waals surface area contributed by atoms with Crippen LogP contribution in [0.1, 0.15) is 6.42 Å². The number of aliphatic hydroxyl groups excluding tert-OH is 3. The Bertz CT molecular complexity index is 3880. The first kappa shape index (κ1) is 72.2. The number of aliphatic hydroxyl groups is 3. The maximum Gasteiger partial charge on any atom is 1.00 e. The van der Waals surface area contributed by atoms with Crippen LogP contribution >= 0.6 is 34.0 Å². The van der Waals surface area contributed by atoms with E-state index in [0.29, 0.717) is 130 Å². The van der Waals surface area contributed by atoms with Crippen molar-refractivity contribution >= 4 is 111 Å². The Kier molecular flexibility index (Phi) is 31.9. The van der Waals surface area contributed by atoms with Gasteiger partial charge in [0.1, 0.15) is 43.2 Å². The van der Waals surface area contributed by atoms with E-state index in [4.69, 9.17) is 47.7 Å². The third-order valence-corrected chi connectivity index (χ3v) is 16.2. The van der Waals surface area contributed by atoms with E-state index in [1.54, 1.807) is 72.0 Å². The summed E-state index contributed by atoms with van der Waals surface area (Å²) in [5.74, 6) is -0.863. The van der Waals surface area contributed by atoms with Gasteiger partial charge < -0.3 is 72.4 Å². The van der Waals surface area contributed by atoms with Crippen LogP contribution in [0.2, 0.25) is 0 Å². The number of hydrogen-bond donors (Lipinski definition) is 3. The molecule has 2 atom stereocenters. The molecule has 0 aliphatic carbocycles. The van der Waals surface area contributed by atoms with Crippen molar-refractivity contribution in [2.24, 2.45) is 0 Å². The predicted octanol–water partition coefficient (Wildman–Crippen LogP) is -0.113. The van der Waals surface area contributed by atoms with Gasteiger partial charge in [0.05, 0.1) is 108 Å². The zero-order chi connectivity index (χ0) is 59.7. The van der Waals surface area contributed by atoms with Crippen molar-refractivity contribution in [3.63, 3.8) is 0 Å². The number of ether oxygens (including phenoxy) is 9. The largest absolute Gasteiger partial charge is 1.00 e. The van der Waals surface area contributed by atoms with Gasteiger partial charge in [0.15, 0.2) is 16.3 Å². The summed E-state index contributed by atoms with van der Waals surface area (Å²) in [4.78, 5) is 48.3. The normalized spacial score (nSPS) is 12.0. The molecule has 0 bridgehead atoms. The first-order valence-electron chi connectivity index (χ1n) is 26.5. The van der Waals surface area contributed by atoms with Gasteiger partial charge in [-0.15, -0.1) is 34.0 Å². The maximum absolute atomic E-state index is 12.8. The summed E-state index contributed by atoms with van der Waals surface area (Å²) in [7, 11) is -4.52. The second-order valence-electron chi connectivity index (χ2n) is 18.2. The third kappa shape index (κ3) is 23.4. The molecule has 0 fully saturated rings. The second-order valence-corrected chi connectivity index (χ2v) is 22.9. The van der Waals surface area contributed by atoms with Gasteiger partial charge in [-0.2, -0.15) is 0 Å². The molecule has 86 heavy (non-hydrogen) atoms. The van der Waals surface area contributed by atoms with E-state index in [1.165, 1.54) is 22.7 Å². The van der Waals surface area contributed by atoms with E-state index < -0.39 is 40.5 Å². The van der Waals surface area contributed by atoms with Crippen molar-refractivity contribution in [2.45, 2.75) is 18.6 Å². The Hall–Kier alpha value is -4.59. The topological polar surface area (TPSA) is 292 Å². The zero-order valence-corrected chi connectivity index (χ0v) is 54.7. The number of fused-ring (bicyclic) bond motifs is 6. The molecule has 20 nitrogen and oxygen atoms in total. The van der Waals surface area contributed by atoms with E-state index in [0.717, 1.165) is 33.6 Å². The molecule has 26 heteroatoms.